The fraction of sp³-hybridized carbons (Fsp3) is 0.750. The molecule has 32 heavy (non-hydrogen) atoms. The Kier molecular flexibility index (Phi) is 7.04. The average Bonchev–Trinajstić information content (AvgIpc) is 3.14. The number of carbonyl (C=O) groups is 2. The van der Waals surface area contributed by atoms with Crippen molar-refractivity contribution in [2.45, 2.75) is 102 Å². The number of nitrogens with zero attached hydrogens (tertiary/aromatic N) is 4. The summed E-state index contributed by atoms with van der Waals surface area (Å²) >= 11 is 1.45. The molecule has 7 nitrogen and oxygen atoms in total. The molecule has 3 fully saturated rings. The van der Waals surface area contributed by atoms with Crippen LogP contribution in [0.25, 0.3) is 0 Å². The molecule has 0 N–H and O–H groups in total. The fourth-order valence-electron chi connectivity index (χ4n) is 4.89. The zero-order chi connectivity index (χ0) is 22.7. The number of hydrogen-bond donors (Lipinski definition) is 0. The van der Waals surface area contributed by atoms with Crippen molar-refractivity contribution in [1.82, 2.24) is 15.1 Å². The topological polar surface area (TPSA) is 75.6 Å². The maximum absolute atomic E-state index is 13.9. The van der Waals surface area contributed by atoms with Gasteiger partial charge in [-0.1, -0.05) is 56.8 Å². The van der Waals surface area contributed by atoms with Crippen LogP contribution < -0.4 is 4.90 Å². The van der Waals surface area contributed by atoms with E-state index in [-0.39, 0.29) is 17.9 Å². The third-order valence-corrected chi connectivity index (χ3v) is 8.30. The molecule has 1 unspecified atom stereocenters. The minimum atomic E-state index is -0.659. The summed E-state index contributed by atoms with van der Waals surface area (Å²) in [5.74, 6) is 3.14. The van der Waals surface area contributed by atoms with E-state index < -0.39 is 11.8 Å². The first-order chi connectivity index (χ1) is 15.5. The lowest BCUT2D eigenvalue weighted by Gasteiger charge is -2.47. The number of esters is 1. The van der Waals surface area contributed by atoms with Gasteiger partial charge in [0.15, 0.2) is 6.23 Å². The molecule has 2 heterocycles. The predicted molar refractivity (Wildman–Crippen MR) is 124 cm³/mol. The lowest BCUT2D eigenvalue weighted by molar-refractivity contribution is -0.157. The highest BCUT2D eigenvalue weighted by Gasteiger charge is 2.47. The number of ether oxygens (including phenoxy) is 1. The summed E-state index contributed by atoms with van der Waals surface area (Å²) in [6, 6.07) is -0.223. The first kappa shape index (κ1) is 23.0. The molecule has 2 amide bonds. The number of urea groups is 1. The highest BCUT2D eigenvalue weighted by molar-refractivity contribution is 7.15. The number of hydrogen-bond acceptors (Lipinski definition) is 6. The molecule has 1 aromatic heterocycles. The van der Waals surface area contributed by atoms with Crippen molar-refractivity contribution in [3.05, 3.63) is 5.01 Å². The molecule has 8 heteroatoms. The Labute approximate surface area is 194 Å². The van der Waals surface area contributed by atoms with Gasteiger partial charge in [-0.25, -0.2) is 9.69 Å². The van der Waals surface area contributed by atoms with Gasteiger partial charge in [-0.15, -0.1) is 16.6 Å². The number of aromatic nitrogens is 2. The third-order valence-electron chi connectivity index (χ3n) is 7.22. The maximum atomic E-state index is 13.9. The minimum absolute atomic E-state index is 0.0464. The lowest BCUT2D eigenvalue weighted by atomic mass is 9.85. The molecular formula is C24H34N4O3S. The molecule has 174 valence electrons. The van der Waals surface area contributed by atoms with Crippen LogP contribution in [0.15, 0.2) is 0 Å². The van der Waals surface area contributed by atoms with Crippen molar-refractivity contribution >= 4 is 28.5 Å². The molecule has 0 radical (unpaired) electrons. The van der Waals surface area contributed by atoms with Crippen LogP contribution in [-0.2, 0) is 9.53 Å². The van der Waals surface area contributed by atoms with Crippen LogP contribution in [0, 0.1) is 18.3 Å². The molecule has 1 aromatic rings. The summed E-state index contributed by atoms with van der Waals surface area (Å²) in [4.78, 5) is 29.9. The average molecular weight is 459 g/mol. The van der Waals surface area contributed by atoms with Gasteiger partial charge in [-0.2, -0.15) is 0 Å². The fourth-order valence-corrected chi connectivity index (χ4v) is 5.94. The molecule has 3 aliphatic rings. The van der Waals surface area contributed by atoms with E-state index in [1.54, 1.807) is 4.90 Å². The van der Waals surface area contributed by atoms with Crippen LogP contribution >= 0.6 is 11.3 Å². The van der Waals surface area contributed by atoms with Crippen molar-refractivity contribution in [1.29, 1.82) is 0 Å². The zero-order valence-corrected chi connectivity index (χ0v) is 20.0. The van der Waals surface area contributed by atoms with Crippen molar-refractivity contribution < 1.29 is 14.3 Å². The van der Waals surface area contributed by atoms with Gasteiger partial charge in [0.1, 0.15) is 10.5 Å². The van der Waals surface area contributed by atoms with E-state index in [1.807, 2.05) is 4.90 Å². The second kappa shape index (κ2) is 9.78. The molecule has 1 aliphatic heterocycles. The van der Waals surface area contributed by atoms with E-state index in [4.69, 9.17) is 11.2 Å². The Morgan fingerprint density at radius 2 is 1.84 bits per heavy atom. The quantitative estimate of drug-likeness (QED) is 0.381. The lowest BCUT2D eigenvalue weighted by Crippen LogP contribution is -2.63. The van der Waals surface area contributed by atoms with Gasteiger partial charge in [0.25, 0.3) is 0 Å². The molecule has 0 spiro atoms. The van der Waals surface area contributed by atoms with Gasteiger partial charge in [0, 0.05) is 18.9 Å². The second-order valence-electron chi connectivity index (χ2n) is 9.34. The van der Waals surface area contributed by atoms with Gasteiger partial charge in [0.2, 0.25) is 5.13 Å². The van der Waals surface area contributed by atoms with Crippen LogP contribution in [0.1, 0.15) is 95.4 Å². The van der Waals surface area contributed by atoms with E-state index in [2.05, 4.69) is 30.0 Å². The van der Waals surface area contributed by atoms with Gasteiger partial charge < -0.3 is 9.64 Å². The summed E-state index contributed by atoms with van der Waals surface area (Å²) < 4.78 is 5.88. The van der Waals surface area contributed by atoms with E-state index in [9.17, 15) is 9.59 Å². The van der Waals surface area contributed by atoms with Gasteiger partial charge in [-0.3, -0.25) is 4.79 Å². The molecule has 1 saturated heterocycles. The summed E-state index contributed by atoms with van der Waals surface area (Å²) in [7, 11) is 0. The number of terminal acetylenes is 1. The molecule has 0 aromatic carbocycles. The van der Waals surface area contributed by atoms with Crippen LogP contribution in [-0.4, -0.2) is 45.4 Å². The van der Waals surface area contributed by atoms with Crippen molar-refractivity contribution in [2.75, 3.05) is 11.4 Å². The van der Waals surface area contributed by atoms with E-state index >= 15 is 0 Å². The standard InChI is InChI=1S/C24H34N4O3S/c1-4-14-24(6-3,15-5-2)27-16-13-19(31-21(29)18-11-8-12-18)28(23(27)30)22-26-25-20(32-22)17-9-7-10-17/h3,17-19H,4-5,7-16H2,1-2H3. The van der Waals surface area contributed by atoms with E-state index in [0.29, 0.717) is 24.0 Å². The minimum Gasteiger partial charge on any atom is -0.441 e. The number of rotatable bonds is 9. The monoisotopic (exact) mass is 458 g/mol. The highest BCUT2D eigenvalue weighted by atomic mass is 32.1. The van der Waals surface area contributed by atoms with Crippen molar-refractivity contribution in [3.8, 4) is 12.3 Å². The summed E-state index contributed by atoms with van der Waals surface area (Å²) in [5.41, 5.74) is -0.636. The normalized spacial score (nSPS) is 22.3. The Balaban J connectivity index is 1.63. The number of carbonyl (C=O) groups excluding carboxylic acids is 2. The predicted octanol–water partition coefficient (Wildman–Crippen LogP) is 5.08. The Hall–Kier alpha value is -2.14. The first-order valence-electron chi connectivity index (χ1n) is 12.2. The smallest absolute Gasteiger partial charge is 0.330 e. The van der Waals surface area contributed by atoms with E-state index in [1.165, 1.54) is 17.8 Å². The Bertz CT molecular complexity index is 865. The first-order valence-corrected chi connectivity index (χ1v) is 13.0. The Morgan fingerprint density at radius 1 is 1.16 bits per heavy atom. The molecule has 4 rings (SSSR count). The molecule has 0 bridgehead atoms. The molecule has 2 saturated carbocycles. The Morgan fingerprint density at radius 3 is 2.38 bits per heavy atom. The summed E-state index contributed by atoms with van der Waals surface area (Å²) in [6.07, 6.45) is 15.4. The SMILES string of the molecule is C#CC(CCC)(CCC)N1CCC(OC(=O)C2CCC2)N(c2nnc(C3CCC3)s2)C1=O. The third kappa shape index (κ3) is 4.24. The largest absolute Gasteiger partial charge is 0.441 e. The van der Waals surface area contributed by atoms with E-state index in [0.717, 1.165) is 62.8 Å². The van der Waals surface area contributed by atoms with Crippen LogP contribution in [0.2, 0.25) is 0 Å². The second-order valence-corrected chi connectivity index (χ2v) is 10.3. The molecule has 2 aliphatic carbocycles. The number of amides is 2. The van der Waals surface area contributed by atoms with Crippen LogP contribution in [0.3, 0.4) is 0 Å². The maximum Gasteiger partial charge on any atom is 0.330 e. The summed E-state index contributed by atoms with van der Waals surface area (Å²) in [6.45, 7) is 4.65. The van der Waals surface area contributed by atoms with Crippen LogP contribution in [0.4, 0.5) is 9.93 Å². The zero-order valence-electron chi connectivity index (χ0n) is 19.2. The molecular weight excluding hydrogens is 424 g/mol. The van der Waals surface area contributed by atoms with Crippen molar-refractivity contribution in [3.63, 3.8) is 0 Å². The van der Waals surface area contributed by atoms with Crippen molar-refractivity contribution in [2.24, 2.45) is 5.92 Å². The van der Waals surface area contributed by atoms with Crippen LogP contribution in [0.5, 0.6) is 0 Å². The van der Waals surface area contributed by atoms with Gasteiger partial charge in [0.05, 0.1) is 5.92 Å². The molecule has 1 atom stereocenters. The summed E-state index contributed by atoms with van der Waals surface area (Å²) in [5, 5.41) is 10.2. The number of anilines is 1. The van der Waals surface area contributed by atoms with Gasteiger partial charge in [-0.05, 0) is 38.5 Å². The highest BCUT2D eigenvalue weighted by Crippen LogP contribution is 2.41. The van der Waals surface area contributed by atoms with Gasteiger partial charge >= 0.3 is 12.0 Å².